The van der Waals surface area contributed by atoms with Gasteiger partial charge in [0.25, 0.3) is 8.32 Å². The lowest BCUT2D eigenvalue weighted by Gasteiger charge is -2.43. The Balaban J connectivity index is 2.41. The quantitative estimate of drug-likeness (QED) is 0.445. The standard InChI is InChI=1S/C22H28O2Si/c1-5-23-18-12-13-19-24-25(22(2,3)4,20-14-8-6-9-15-20)21-16-10-7-11-17-21/h6-11,14-17H,5,13,19H2,1-4H3. The molecule has 2 nitrogen and oxygen atoms in total. The maximum atomic E-state index is 6.73. The van der Waals surface area contributed by atoms with Crippen molar-refractivity contribution in [2.45, 2.75) is 39.2 Å². The summed E-state index contributed by atoms with van der Waals surface area (Å²) in [6, 6.07) is 21.3. The molecule has 132 valence electrons. The fourth-order valence-electron chi connectivity index (χ4n) is 3.19. The Kier molecular flexibility index (Phi) is 6.87. The maximum Gasteiger partial charge on any atom is 0.261 e. The van der Waals surface area contributed by atoms with Crippen LogP contribution in [0.4, 0.5) is 0 Å². The van der Waals surface area contributed by atoms with Gasteiger partial charge in [0.2, 0.25) is 0 Å². The van der Waals surface area contributed by atoms with Crippen molar-refractivity contribution in [2.75, 3.05) is 13.2 Å². The third kappa shape index (κ3) is 4.53. The molecule has 0 heterocycles. The van der Waals surface area contributed by atoms with Gasteiger partial charge in [0.15, 0.2) is 0 Å². The molecule has 2 rings (SSSR count). The number of hydrogen-bond donors (Lipinski definition) is 0. The Morgan fingerprint density at radius 1 is 0.880 bits per heavy atom. The van der Waals surface area contributed by atoms with Crippen molar-refractivity contribution >= 4 is 18.7 Å². The second kappa shape index (κ2) is 8.89. The van der Waals surface area contributed by atoms with E-state index >= 15 is 0 Å². The molecule has 0 radical (unpaired) electrons. The molecule has 0 unspecified atom stereocenters. The van der Waals surface area contributed by atoms with Crippen LogP contribution in [0.2, 0.25) is 5.04 Å². The highest BCUT2D eigenvalue weighted by Gasteiger charge is 2.49. The number of ether oxygens (including phenoxy) is 1. The van der Waals surface area contributed by atoms with E-state index in [9.17, 15) is 0 Å². The zero-order valence-electron chi connectivity index (χ0n) is 15.7. The lowest BCUT2D eigenvalue weighted by atomic mass is 10.2. The van der Waals surface area contributed by atoms with Crippen LogP contribution in [0.1, 0.15) is 34.1 Å². The highest BCUT2D eigenvalue weighted by molar-refractivity contribution is 6.99. The molecule has 0 bridgehead atoms. The van der Waals surface area contributed by atoms with E-state index in [1.165, 1.54) is 10.4 Å². The molecule has 2 aromatic carbocycles. The van der Waals surface area contributed by atoms with E-state index in [1.54, 1.807) is 0 Å². The van der Waals surface area contributed by atoms with Crippen LogP contribution in [-0.2, 0) is 9.16 Å². The molecule has 0 N–H and O–H groups in total. The van der Waals surface area contributed by atoms with Crippen LogP contribution < -0.4 is 10.4 Å². The van der Waals surface area contributed by atoms with E-state index in [2.05, 4.69) is 93.5 Å². The van der Waals surface area contributed by atoms with Crippen LogP contribution in [-0.4, -0.2) is 21.5 Å². The molecular weight excluding hydrogens is 324 g/mol. The zero-order chi connectivity index (χ0) is 18.2. The first-order valence-electron chi connectivity index (χ1n) is 8.87. The van der Waals surface area contributed by atoms with Gasteiger partial charge in [-0.1, -0.05) is 87.4 Å². The van der Waals surface area contributed by atoms with E-state index in [-0.39, 0.29) is 5.04 Å². The Morgan fingerprint density at radius 2 is 1.40 bits per heavy atom. The molecule has 0 aliphatic heterocycles. The van der Waals surface area contributed by atoms with Gasteiger partial charge in [0, 0.05) is 13.0 Å². The molecule has 3 heteroatoms. The smallest absolute Gasteiger partial charge is 0.261 e. The number of rotatable bonds is 6. The first kappa shape index (κ1) is 19.3. The predicted molar refractivity (Wildman–Crippen MR) is 108 cm³/mol. The molecular formula is C22H28O2Si. The molecule has 0 aromatic heterocycles. The SMILES string of the molecule is CCOC#CCCO[Si](c1ccccc1)(c1ccccc1)C(C)(C)C. The summed E-state index contributed by atoms with van der Waals surface area (Å²) >= 11 is 0. The van der Waals surface area contributed by atoms with Gasteiger partial charge in [-0.15, -0.1) is 0 Å². The third-order valence-corrected chi connectivity index (χ3v) is 9.29. The molecule has 0 saturated carbocycles. The molecule has 0 atom stereocenters. The van der Waals surface area contributed by atoms with Gasteiger partial charge in [-0.25, -0.2) is 0 Å². The number of hydrogen-bond acceptors (Lipinski definition) is 2. The summed E-state index contributed by atoms with van der Waals surface area (Å²) in [6.07, 6.45) is 3.40. The number of benzene rings is 2. The fraction of sp³-hybridized carbons (Fsp3) is 0.364. The van der Waals surface area contributed by atoms with Crippen LogP contribution in [0.5, 0.6) is 0 Å². The summed E-state index contributed by atoms with van der Waals surface area (Å²) in [7, 11) is -2.43. The summed E-state index contributed by atoms with van der Waals surface area (Å²) in [5.41, 5.74) is 0. The maximum absolute atomic E-state index is 6.73. The Labute approximate surface area is 153 Å². The molecule has 0 spiro atoms. The molecule has 0 aliphatic carbocycles. The van der Waals surface area contributed by atoms with Gasteiger partial charge in [-0.2, -0.15) is 0 Å². The van der Waals surface area contributed by atoms with E-state index in [1.807, 2.05) is 6.92 Å². The summed E-state index contributed by atoms with van der Waals surface area (Å²) in [6.45, 7) is 10.0. The summed E-state index contributed by atoms with van der Waals surface area (Å²) in [5, 5.41) is 2.60. The van der Waals surface area contributed by atoms with Gasteiger partial charge in [0.05, 0.1) is 6.61 Å². The van der Waals surface area contributed by atoms with Gasteiger partial charge in [0.1, 0.15) is 6.11 Å². The summed E-state index contributed by atoms with van der Waals surface area (Å²) < 4.78 is 11.8. The fourth-order valence-corrected chi connectivity index (χ4v) is 7.75. The zero-order valence-corrected chi connectivity index (χ0v) is 16.7. The average Bonchev–Trinajstić information content (AvgIpc) is 2.62. The first-order chi connectivity index (χ1) is 12.0. The minimum Gasteiger partial charge on any atom is -0.447 e. The topological polar surface area (TPSA) is 18.5 Å². The van der Waals surface area contributed by atoms with Crippen LogP contribution in [0.3, 0.4) is 0 Å². The van der Waals surface area contributed by atoms with Crippen molar-refractivity contribution in [3.05, 3.63) is 60.7 Å². The summed E-state index contributed by atoms with van der Waals surface area (Å²) in [4.78, 5) is 0. The Bertz CT molecular complexity index is 654. The lowest BCUT2D eigenvalue weighted by Crippen LogP contribution is -2.66. The van der Waals surface area contributed by atoms with Crippen LogP contribution >= 0.6 is 0 Å². The minimum atomic E-state index is -2.43. The Morgan fingerprint density at radius 3 is 1.84 bits per heavy atom. The minimum absolute atomic E-state index is 0.00303. The van der Waals surface area contributed by atoms with Crippen molar-refractivity contribution in [1.29, 1.82) is 0 Å². The second-order valence-corrected chi connectivity index (χ2v) is 11.3. The average molecular weight is 353 g/mol. The van der Waals surface area contributed by atoms with Gasteiger partial charge >= 0.3 is 0 Å². The molecule has 0 aliphatic rings. The molecule has 0 saturated heterocycles. The third-order valence-electron chi connectivity index (χ3n) is 4.25. The normalized spacial score (nSPS) is 11.5. The van der Waals surface area contributed by atoms with Crippen LogP contribution in [0.25, 0.3) is 0 Å². The van der Waals surface area contributed by atoms with Crippen molar-refractivity contribution in [3.8, 4) is 12.0 Å². The van der Waals surface area contributed by atoms with E-state index in [4.69, 9.17) is 9.16 Å². The highest BCUT2D eigenvalue weighted by Crippen LogP contribution is 2.36. The molecule has 2 aromatic rings. The van der Waals surface area contributed by atoms with E-state index < -0.39 is 8.32 Å². The first-order valence-corrected chi connectivity index (χ1v) is 10.8. The van der Waals surface area contributed by atoms with E-state index in [0.717, 1.165) is 0 Å². The summed E-state index contributed by atoms with van der Waals surface area (Å²) in [5.74, 6) is 3.04. The second-order valence-electron chi connectivity index (χ2n) is 6.97. The van der Waals surface area contributed by atoms with E-state index in [0.29, 0.717) is 19.6 Å². The Hall–Kier alpha value is -2.02. The molecule has 0 fully saturated rings. The van der Waals surface area contributed by atoms with Crippen molar-refractivity contribution < 1.29 is 9.16 Å². The van der Waals surface area contributed by atoms with Crippen LogP contribution in [0, 0.1) is 12.0 Å². The van der Waals surface area contributed by atoms with Crippen molar-refractivity contribution in [2.24, 2.45) is 0 Å². The van der Waals surface area contributed by atoms with Crippen molar-refractivity contribution in [3.63, 3.8) is 0 Å². The molecule has 25 heavy (non-hydrogen) atoms. The lowest BCUT2D eigenvalue weighted by molar-refractivity contribution is 0.293. The van der Waals surface area contributed by atoms with Gasteiger partial charge < -0.3 is 9.16 Å². The van der Waals surface area contributed by atoms with Crippen molar-refractivity contribution in [1.82, 2.24) is 0 Å². The largest absolute Gasteiger partial charge is 0.447 e. The monoisotopic (exact) mass is 352 g/mol. The highest BCUT2D eigenvalue weighted by atomic mass is 28.4. The van der Waals surface area contributed by atoms with Crippen LogP contribution in [0.15, 0.2) is 60.7 Å². The van der Waals surface area contributed by atoms with Gasteiger partial charge in [-0.3, -0.25) is 0 Å². The molecule has 0 amide bonds. The predicted octanol–water partition coefficient (Wildman–Crippen LogP) is 3.95. The van der Waals surface area contributed by atoms with Gasteiger partial charge in [-0.05, 0) is 22.3 Å².